The summed E-state index contributed by atoms with van der Waals surface area (Å²) in [7, 11) is 0. The van der Waals surface area contributed by atoms with Crippen molar-refractivity contribution >= 4 is 12.0 Å². The Hall–Kier alpha value is -1.95. The first-order valence-electron chi connectivity index (χ1n) is 6.65. The SMILES string of the molecule is CCOc1ccc(/C=C/C(=O)N(CCO)CC(F)F)cc1. The molecule has 0 fully saturated rings. The van der Waals surface area contributed by atoms with E-state index in [9.17, 15) is 13.6 Å². The first-order valence-corrected chi connectivity index (χ1v) is 6.65. The highest BCUT2D eigenvalue weighted by Gasteiger charge is 2.15. The minimum Gasteiger partial charge on any atom is -0.494 e. The van der Waals surface area contributed by atoms with Crippen LogP contribution in [0.4, 0.5) is 8.78 Å². The third-order valence-electron chi connectivity index (χ3n) is 2.65. The fourth-order valence-corrected chi connectivity index (χ4v) is 1.69. The number of hydrogen-bond donors (Lipinski definition) is 1. The molecule has 0 saturated heterocycles. The lowest BCUT2D eigenvalue weighted by atomic mass is 10.2. The van der Waals surface area contributed by atoms with Crippen LogP contribution in [0.15, 0.2) is 30.3 Å². The smallest absolute Gasteiger partial charge is 0.255 e. The number of carbonyl (C=O) groups is 1. The molecule has 0 spiro atoms. The van der Waals surface area contributed by atoms with Crippen molar-refractivity contribution in [3.05, 3.63) is 35.9 Å². The van der Waals surface area contributed by atoms with Gasteiger partial charge in [0.05, 0.1) is 19.8 Å². The summed E-state index contributed by atoms with van der Waals surface area (Å²) in [5.74, 6) is 0.166. The van der Waals surface area contributed by atoms with E-state index in [2.05, 4.69) is 0 Å². The van der Waals surface area contributed by atoms with Gasteiger partial charge in [-0.3, -0.25) is 4.79 Å². The van der Waals surface area contributed by atoms with Crippen LogP contribution in [0.2, 0.25) is 0 Å². The molecule has 0 radical (unpaired) electrons. The number of carbonyl (C=O) groups excluding carboxylic acids is 1. The van der Waals surface area contributed by atoms with Gasteiger partial charge in [-0.1, -0.05) is 12.1 Å². The molecule has 1 N–H and O–H groups in total. The number of aliphatic hydroxyl groups excluding tert-OH is 1. The fourth-order valence-electron chi connectivity index (χ4n) is 1.69. The molecule has 0 heterocycles. The fraction of sp³-hybridized carbons (Fsp3) is 0.400. The van der Waals surface area contributed by atoms with E-state index < -0.39 is 18.9 Å². The van der Waals surface area contributed by atoms with Gasteiger partial charge in [-0.25, -0.2) is 8.78 Å². The van der Waals surface area contributed by atoms with Crippen molar-refractivity contribution in [2.24, 2.45) is 0 Å². The predicted molar refractivity (Wildman–Crippen MR) is 76.3 cm³/mol. The maximum absolute atomic E-state index is 12.3. The standard InChI is InChI=1S/C15H19F2NO3/c1-2-21-13-6-3-12(4-7-13)5-8-15(20)18(9-10-19)11-14(16)17/h3-8,14,19H,2,9-11H2,1H3/b8-5+. The maximum atomic E-state index is 12.3. The molecule has 0 bridgehead atoms. The minimum atomic E-state index is -2.63. The van der Waals surface area contributed by atoms with Crippen molar-refractivity contribution in [1.82, 2.24) is 4.90 Å². The quantitative estimate of drug-likeness (QED) is 0.749. The number of alkyl halides is 2. The number of halogens is 2. The van der Waals surface area contributed by atoms with Crippen LogP contribution in [-0.2, 0) is 4.79 Å². The van der Waals surface area contributed by atoms with Crippen LogP contribution in [0.3, 0.4) is 0 Å². The summed E-state index contributed by atoms with van der Waals surface area (Å²) in [4.78, 5) is 12.7. The van der Waals surface area contributed by atoms with E-state index in [0.717, 1.165) is 16.2 Å². The van der Waals surface area contributed by atoms with E-state index in [1.165, 1.54) is 12.2 Å². The Balaban J connectivity index is 2.66. The van der Waals surface area contributed by atoms with Crippen LogP contribution in [0.5, 0.6) is 5.75 Å². The molecule has 0 aromatic heterocycles. The number of aliphatic hydroxyl groups is 1. The van der Waals surface area contributed by atoms with Gasteiger partial charge < -0.3 is 14.7 Å². The molecule has 0 unspecified atom stereocenters. The van der Waals surface area contributed by atoms with Gasteiger partial charge in [0, 0.05) is 12.6 Å². The molecule has 1 rings (SSSR count). The van der Waals surface area contributed by atoms with Crippen molar-refractivity contribution in [3.8, 4) is 5.75 Å². The Morgan fingerprint density at radius 1 is 1.38 bits per heavy atom. The van der Waals surface area contributed by atoms with Crippen LogP contribution < -0.4 is 4.74 Å². The third kappa shape index (κ3) is 6.35. The highest BCUT2D eigenvalue weighted by atomic mass is 19.3. The van der Waals surface area contributed by atoms with Gasteiger partial charge in [-0.15, -0.1) is 0 Å². The summed E-state index contributed by atoms with van der Waals surface area (Å²) in [6, 6.07) is 7.05. The summed E-state index contributed by atoms with van der Waals surface area (Å²) < 4.78 is 30.0. The van der Waals surface area contributed by atoms with Crippen LogP contribution >= 0.6 is 0 Å². The Morgan fingerprint density at radius 3 is 2.57 bits per heavy atom. The summed E-state index contributed by atoms with van der Waals surface area (Å²) >= 11 is 0. The molecule has 1 amide bonds. The second-order valence-electron chi connectivity index (χ2n) is 4.23. The molecule has 21 heavy (non-hydrogen) atoms. The van der Waals surface area contributed by atoms with Crippen LogP contribution in [0.25, 0.3) is 6.08 Å². The van der Waals surface area contributed by atoms with E-state index in [4.69, 9.17) is 9.84 Å². The van der Waals surface area contributed by atoms with Gasteiger partial charge in [0.1, 0.15) is 5.75 Å². The molecule has 116 valence electrons. The Morgan fingerprint density at radius 2 is 2.05 bits per heavy atom. The largest absolute Gasteiger partial charge is 0.494 e. The lowest BCUT2D eigenvalue weighted by Gasteiger charge is -2.19. The monoisotopic (exact) mass is 299 g/mol. The molecule has 6 heteroatoms. The van der Waals surface area contributed by atoms with E-state index in [-0.39, 0.29) is 13.2 Å². The Bertz CT molecular complexity index is 460. The molecule has 1 aromatic carbocycles. The molecule has 0 aliphatic rings. The zero-order valence-corrected chi connectivity index (χ0v) is 11.8. The molecule has 1 aromatic rings. The summed E-state index contributed by atoms with van der Waals surface area (Å²) in [5, 5.41) is 8.79. The maximum Gasteiger partial charge on any atom is 0.255 e. The minimum absolute atomic E-state index is 0.114. The number of rotatable bonds is 8. The van der Waals surface area contributed by atoms with E-state index in [1.807, 2.05) is 6.92 Å². The van der Waals surface area contributed by atoms with Gasteiger partial charge in [0.25, 0.3) is 6.43 Å². The third-order valence-corrected chi connectivity index (χ3v) is 2.65. The molecule has 0 saturated carbocycles. The van der Waals surface area contributed by atoms with Crippen molar-refractivity contribution < 1.29 is 23.4 Å². The number of hydrogen-bond acceptors (Lipinski definition) is 3. The molecule has 0 aliphatic heterocycles. The summed E-state index contributed by atoms with van der Waals surface area (Å²) in [5.41, 5.74) is 0.757. The lowest BCUT2D eigenvalue weighted by molar-refractivity contribution is -0.128. The van der Waals surface area contributed by atoms with Gasteiger partial charge in [0.2, 0.25) is 5.91 Å². The number of ether oxygens (including phenoxy) is 1. The van der Waals surface area contributed by atoms with E-state index in [0.29, 0.717) is 6.61 Å². The molecular weight excluding hydrogens is 280 g/mol. The Labute approximate surface area is 122 Å². The van der Waals surface area contributed by atoms with Gasteiger partial charge >= 0.3 is 0 Å². The van der Waals surface area contributed by atoms with E-state index >= 15 is 0 Å². The molecular formula is C15H19F2NO3. The summed E-state index contributed by atoms with van der Waals surface area (Å²) in [6.07, 6.45) is 0.126. The second kappa shape index (κ2) is 9.07. The molecule has 4 nitrogen and oxygen atoms in total. The highest BCUT2D eigenvalue weighted by Crippen LogP contribution is 2.13. The van der Waals surface area contributed by atoms with Crippen molar-refractivity contribution in [3.63, 3.8) is 0 Å². The van der Waals surface area contributed by atoms with Crippen molar-refractivity contribution in [2.45, 2.75) is 13.3 Å². The lowest BCUT2D eigenvalue weighted by Crippen LogP contribution is -2.36. The van der Waals surface area contributed by atoms with Crippen LogP contribution in [0.1, 0.15) is 12.5 Å². The van der Waals surface area contributed by atoms with Gasteiger partial charge in [0.15, 0.2) is 0 Å². The normalized spacial score (nSPS) is 11.1. The predicted octanol–water partition coefficient (Wildman–Crippen LogP) is 2.18. The average Bonchev–Trinajstić information content (AvgIpc) is 2.45. The van der Waals surface area contributed by atoms with Crippen LogP contribution in [0, 0.1) is 0 Å². The number of benzene rings is 1. The first-order chi connectivity index (χ1) is 10.1. The first kappa shape index (κ1) is 17.1. The van der Waals surface area contributed by atoms with Gasteiger partial charge in [-0.05, 0) is 30.7 Å². The molecule has 0 atom stereocenters. The topological polar surface area (TPSA) is 49.8 Å². The summed E-state index contributed by atoms with van der Waals surface area (Å²) in [6.45, 7) is 1.29. The van der Waals surface area contributed by atoms with Crippen molar-refractivity contribution in [2.75, 3.05) is 26.3 Å². The van der Waals surface area contributed by atoms with Crippen LogP contribution in [-0.4, -0.2) is 48.6 Å². The molecule has 0 aliphatic carbocycles. The Kier molecular flexibility index (Phi) is 7.39. The zero-order valence-electron chi connectivity index (χ0n) is 11.8. The number of nitrogens with zero attached hydrogens (tertiary/aromatic N) is 1. The number of amides is 1. The second-order valence-corrected chi connectivity index (χ2v) is 4.23. The van der Waals surface area contributed by atoms with E-state index in [1.54, 1.807) is 24.3 Å². The van der Waals surface area contributed by atoms with Crippen molar-refractivity contribution in [1.29, 1.82) is 0 Å². The highest BCUT2D eigenvalue weighted by molar-refractivity contribution is 5.91. The zero-order chi connectivity index (χ0) is 15.7. The van der Waals surface area contributed by atoms with Gasteiger partial charge in [-0.2, -0.15) is 0 Å². The average molecular weight is 299 g/mol.